The van der Waals surface area contributed by atoms with E-state index in [0.717, 1.165) is 27.8 Å². The Bertz CT molecular complexity index is 855. The van der Waals surface area contributed by atoms with Crippen LogP contribution in [-0.2, 0) is 9.53 Å². The SMILES string of the molecule is COCCNC(=O)C[C@H](c1ccc(OC)cc1)c1c[nH]c2ccccc12. The van der Waals surface area contributed by atoms with E-state index >= 15 is 0 Å². The van der Waals surface area contributed by atoms with Crippen molar-refractivity contribution in [1.82, 2.24) is 10.3 Å². The van der Waals surface area contributed by atoms with Crippen molar-refractivity contribution in [3.8, 4) is 5.75 Å². The molecular formula is C21H24N2O3. The molecule has 3 aromatic rings. The van der Waals surface area contributed by atoms with E-state index in [2.05, 4.69) is 16.4 Å². The third-order valence-corrected chi connectivity index (χ3v) is 4.53. The van der Waals surface area contributed by atoms with Crippen LogP contribution in [0.5, 0.6) is 5.75 Å². The number of ether oxygens (including phenoxy) is 2. The maximum atomic E-state index is 12.5. The summed E-state index contributed by atoms with van der Waals surface area (Å²) in [5, 5.41) is 4.05. The van der Waals surface area contributed by atoms with E-state index in [0.29, 0.717) is 19.6 Å². The first kappa shape index (κ1) is 18.0. The minimum Gasteiger partial charge on any atom is -0.497 e. The fourth-order valence-corrected chi connectivity index (χ4v) is 3.18. The third-order valence-electron chi connectivity index (χ3n) is 4.53. The van der Waals surface area contributed by atoms with E-state index < -0.39 is 0 Å². The quantitative estimate of drug-likeness (QED) is 0.610. The largest absolute Gasteiger partial charge is 0.497 e. The van der Waals surface area contributed by atoms with E-state index in [1.54, 1.807) is 14.2 Å². The van der Waals surface area contributed by atoms with Crippen LogP contribution < -0.4 is 10.1 Å². The summed E-state index contributed by atoms with van der Waals surface area (Å²) >= 11 is 0. The lowest BCUT2D eigenvalue weighted by Gasteiger charge is -2.17. The fraction of sp³-hybridized carbons (Fsp3) is 0.286. The van der Waals surface area contributed by atoms with Gasteiger partial charge in [0.25, 0.3) is 0 Å². The average molecular weight is 352 g/mol. The maximum Gasteiger partial charge on any atom is 0.221 e. The minimum atomic E-state index is -0.0420. The number of H-pyrrole nitrogens is 1. The second-order valence-corrected chi connectivity index (χ2v) is 6.16. The van der Waals surface area contributed by atoms with Crippen LogP contribution in [0.1, 0.15) is 23.5 Å². The standard InChI is InChI=1S/C21H24N2O3/c1-25-12-11-22-21(24)13-18(15-7-9-16(26-2)10-8-15)19-14-23-20-6-4-3-5-17(19)20/h3-10,14,18,23H,11-13H2,1-2H3,(H,22,24)/t18-/m1/s1. The first-order chi connectivity index (χ1) is 12.7. The molecule has 1 aromatic heterocycles. The molecule has 0 unspecified atom stereocenters. The Hall–Kier alpha value is -2.79. The minimum absolute atomic E-state index is 0.00755. The monoisotopic (exact) mass is 352 g/mol. The van der Waals surface area contributed by atoms with Gasteiger partial charge in [-0.15, -0.1) is 0 Å². The number of aromatic nitrogens is 1. The lowest BCUT2D eigenvalue weighted by molar-refractivity contribution is -0.121. The summed E-state index contributed by atoms with van der Waals surface area (Å²) in [6, 6.07) is 16.1. The summed E-state index contributed by atoms with van der Waals surface area (Å²) in [5.74, 6) is 0.767. The highest BCUT2D eigenvalue weighted by Gasteiger charge is 2.21. The van der Waals surface area contributed by atoms with Crippen LogP contribution >= 0.6 is 0 Å². The molecule has 0 aliphatic carbocycles. The second-order valence-electron chi connectivity index (χ2n) is 6.16. The van der Waals surface area contributed by atoms with Gasteiger partial charge in [-0.25, -0.2) is 0 Å². The molecule has 0 fully saturated rings. The summed E-state index contributed by atoms with van der Waals surface area (Å²) in [6.07, 6.45) is 2.37. The van der Waals surface area contributed by atoms with Crippen molar-refractivity contribution < 1.29 is 14.3 Å². The lowest BCUT2D eigenvalue weighted by Crippen LogP contribution is -2.28. The molecule has 26 heavy (non-hydrogen) atoms. The Morgan fingerprint density at radius 2 is 1.88 bits per heavy atom. The van der Waals surface area contributed by atoms with Gasteiger partial charge in [-0.3, -0.25) is 4.79 Å². The van der Waals surface area contributed by atoms with Gasteiger partial charge in [0.05, 0.1) is 13.7 Å². The van der Waals surface area contributed by atoms with Gasteiger partial charge in [-0.05, 0) is 29.3 Å². The molecule has 0 saturated heterocycles. The highest BCUT2D eigenvalue weighted by atomic mass is 16.5. The molecule has 0 aliphatic heterocycles. The molecule has 5 nitrogen and oxygen atoms in total. The number of methoxy groups -OCH3 is 2. The third kappa shape index (κ3) is 4.06. The Balaban J connectivity index is 1.91. The van der Waals surface area contributed by atoms with Crippen LogP contribution in [0.2, 0.25) is 0 Å². The van der Waals surface area contributed by atoms with E-state index in [-0.39, 0.29) is 11.8 Å². The molecule has 136 valence electrons. The van der Waals surface area contributed by atoms with Crippen molar-refractivity contribution in [2.45, 2.75) is 12.3 Å². The maximum absolute atomic E-state index is 12.5. The van der Waals surface area contributed by atoms with Crippen LogP contribution in [0, 0.1) is 0 Å². The second kappa shape index (κ2) is 8.54. The van der Waals surface area contributed by atoms with Crippen molar-refractivity contribution in [2.24, 2.45) is 0 Å². The van der Waals surface area contributed by atoms with E-state index in [1.807, 2.05) is 48.7 Å². The summed E-state index contributed by atoms with van der Waals surface area (Å²) < 4.78 is 10.3. The summed E-state index contributed by atoms with van der Waals surface area (Å²) in [6.45, 7) is 1.02. The van der Waals surface area contributed by atoms with Crippen molar-refractivity contribution in [3.05, 3.63) is 65.9 Å². The number of fused-ring (bicyclic) bond motifs is 1. The van der Waals surface area contributed by atoms with Gasteiger partial charge in [0.15, 0.2) is 0 Å². The number of benzene rings is 2. The van der Waals surface area contributed by atoms with Crippen molar-refractivity contribution in [2.75, 3.05) is 27.4 Å². The first-order valence-corrected chi connectivity index (χ1v) is 8.68. The number of hydrogen-bond donors (Lipinski definition) is 2. The summed E-state index contributed by atoms with van der Waals surface area (Å²) in [5.41, 5.74) is 3.27. The number of amides is 1. The Morgan fingerprint density at radius 1 is 1.12 bits per heavy atom. The van der Waals surface area contributed by atoms with Gasteiger partial charge in [0.2, 0.25) is 5.91 Å². The van der Waals surface area contributed by atoms with Gasteiger partial charge in [0, 0.05) is 43.1 Å². The lowest BCUT2D eigenvalue weighted by atomic mass is 9.88. The van der Waals surface area contributed by atoms with Crippen LogP contribution in [0.25, 0.3) is 10.9 Å². The number of carbonyl (C=O) groups excluding carboxylic acids is 1. The van der Waals surface area contributed by atoms with Gasteiger partial charge in [-0.1, -0.05) is 30.3 Å². The molecule has 5 heteroatoms. The van der Waals surface area contributed by atoms with E-state index in [9.17, 15) is 4.79 Å². The molecule has 1 amide bonds. The summed E-state index contributed by atoms with van der Waals surface area (Å²) in [4.78, 5) is 15.8. The van der Waals surface area contributed by atoms with Crippen molar-refractivity contribution in [1.29, 1.82) is 0 Å². The zero-order valence-corrected chi connectivity index (χ0v) is 15.1. The first-order valence-electron chi connectivity index (χ1n) is 8.68. The van der Waals surface area contributed by atoms with Crippen LogP contribution in [-0.4, -0.2) is 38.3 Å². The number of rotatable bonds is 8. The van der Waals surface area contributed by atoms with E-state index in [4.69, 9.17) is 9.47 Å². The molecule has 2 N–H and O–H groups in total. The van der Waals surface area contributed by atoms with E-state index in [1.165, 1.54) is 0 Å². The smallest absolute Gasteiger partial charge is 0.221 e. The molecule has 0 bridgehead atoms. The number of para-hydroxylation sites is 1. The van der Waals surface area contributed by atoms with Gasteiger partial charge in [0.1, 0.15) is 5.75 Å². The number of hydrogen-bond acceptors (Lipinski definition) is 3. The topological polar surface area (TPSA) is 63.4 Å². The van der Waals surface area contributed by atoms with Crippen molar-refractivity contribution in [3.63, 3.8) is 0 Å². The molecule has 0 saturated carbocycles. The Kier molecular flexibility index (Phi) is 5.92. The number of nitrogens with one attached hydrogen (secondary N) is 2. The average Bonchev–Trinajstić information content (AvgIpc) is 3.10. The molecule has 0 spiro atoms. The van der Waals surface area contributed by atoms with Gasteiger partial charge in [-0.2, -0.15) is 0 Å². The predicted octanol–water partition coefficient (Wildman–Crippen LogP) is 3.46. The fourth-order valence-electron chi connectivity index (χ4n) is 3.18. The molecule has 1 heterocycles. The highest BCUT2D eigenvalue weighted by Crippen LogP contribution is 2.34. The molecule has 2 aromatic carbocycles. The van der Waals surface area contributed by atoms with Gasteiger partial charge < -0.3 is 19.8 Å². The van der Waals surface area contributed by atoms with Crippen LogP contribution in [0.15, 0.2) is 54.7 Å². The molecule has 3 rings (SSSR count). The number of aromatic amines is 1. The van der Waals surface area contributed by atoms with Gasteiger partial charge >= 0.3 is 0 Å². The zero-order valence-electron chi connectivity index (χ0n) is 15.1. The zero-order chi connectivity index (χ0) is 18.4. The Labute approximate surface area is 153 Å². The Morgan fingerprint density at radius 3 is 2.62 bits per heavy atom. The molecule has 0 radical (unpaired) electrons. The van der Waals surface area contributed by atoms with Crippen LogP contribution in [0.4, 0.5) is 0 Å². The molecule has 1 atom stereocenters. The van der Waals surface area contributed by atoms with Crippen molar-refractivity contribution >= 4 is 16.8 Å². The molecular weight excluding hydrogens is 328 g/mol. The summed E-state index contributed by atoms with van der Waals surface area (Å²) in [7, 11) is 3.27. The highest BCUT2D eigenvalue weighted by molar-refractivity contribution is 5.86. The van der Waals surface area contributed by atoms with Crippen LogP contribution in [0.3, 0.4) is 0 Å². The number of carbonyl (C=O) groups is 1. The normalized spacial score (nSPS) is 12.1. The molecule has 0 aliphatic rings. The predicted molar refractivity (Wildman–Crippen MR) is 103 cm³/mol.